The van der Waals surface area contributed by atoms with Crippen molar-refractivity contribution in [3.05, 3.63) is 41.7 Å². The molecule has 0 amide bonds. The maximum Gasteiger partial charge on any atom is 0.137 e. The highest BCUT2D eigenvalue weighted by molar-refractivity contribution is 7.99. The summed E-state index contributed by atoms with van der Waals surface area (Å²) in [5, 5.41) is 0.516. The molecule has 0 saturated carbocycles. The summed E-state index contributed by atoms with van der Waals surface area (Å²) >= 11 is 1.02. The molecule has 2 N–H and O–H groups in total. The molecule has 0 saturated heterocycles. The zero-order valence-electron chi connectivity index (χ0n) is 8.95. The van der Waals surface area contributed by atoms with Crippen LogP contribution >= 0.6 is 11.8 Å². The van der Waals surface area contributed by atoms with E-state index in [2.05, 4.69) is 9.97 Å². The molecule has 1 heterocycles. The van der Waals surface area contributed by atoms with Crippen LogP contribution < -0.4 is 5.73 Å². The van der Waals surface area contributed by atoms with Crippen molar-refractivity contribution < 1.29 is 8.78 Å². The topological polar surface area (TPSA) is 51.8 Å². The monoisotopic (exact) mass is 253 g/mol. The molecule has 2 aromatic rings. The van der Waals surface area contributed by atoms with Gasteiger partial charge < -0.3 is 5.73 Å². The minimum Gasteiger partial charge on any atom is -0.383 e. The fourth-order valence-corrected chi connectivity index (χ4v) is 2.11. The highest BCUT2D eigenvalue weighted by Gasteiger charge is 2.10. The van der Waals surface area contributed by atoms with Gasteiger partial charge in [-0.05, 0) is 25.1 Å². The van der Waals surface area contributed by atoms with Crippen LogP contribution in [0.1, 0.15) is 5.56 Å². The quantitative estimate of drug-likeness (QED) is 0.836. The molecule has 2 rings (SSSR count). The van der Waals surface area contributed by atoms with Gasteiger partial charge >= 0.3 is 0 Å². The lowest BCUT2D eigenvalue weighted by Crippen LogP contribution is -1.97. The molecule has 88 valence electrons. The maximum atomic E-state index is 13.4. The number of aromatic nitrogens is 2. The molecule has 1 aromatic carbocycles. The summed E-state index contributed by atoms with van der Waals surface area (Å²) in [6.45, 7) is 1.73. The van der Waals surface area contributed by atoms with Crippen LogP contribution in [0.25, 0.3) is 0 Å². The first-order chi connectivity index (χ1) is 8.08. The molecule has 1 aromatic heterocycles. The third kappa shape index (κ3) is 2.52. The van der Waals surface area contributed by atoms with E-state index in [0.717, 1.165) is 30.0 Å². The smallest absolute Gasteiger partial charge is 0.137 e. The summed E-state index contributed by atoms with van der Waals surface area (Å²) in [7, 11) is 0. The van der Waals surface area contributed by atoms with E-state index in [4.69, 9.17) is 5.73 Å². The Morgan fingerprint density at radius 2 is 2.00 bits per heavy atom. The lowest BCUT2D eigenvalue weighted by atomic mass is 10.3. The zero-order chi connectivity index (χ0) is 12.4. The van der Waals surface area contributed by atoms with Gasteiger partial charge in [0.1, 0.15) is 28.8 Å². The van der Waals surface area contributed by atoms with Gasteiger partial charge in [0.15, 0.2) is 0 Å². The van der Waals surface area contributed by atoms with Crippen LogP contribution in [0.3, 0.4) is 0 Å². The van der Waals surface area contributed by atoms with Crippen molar-refractivity contribution in [2.45, 2.75) is 16.8 Å². The second-order valence-electron chi connectivity index (χ2n) is 3.37. The van der Waals surface area contributed by atoms with E-state index in [1.807, 2.05) is 0 Å². The summed E-state index contributed by atoms with van der Waals surface area (Å²) in [6.07, 6.45) is 1.29. The van der Waals surface area contributed by atoms with Gasteiger partial charge in [0.25, 0.3) is 0 Å². The van der Waals surface area contributed by atoms with E-state index in [1.165, 1.54) is 6.33 Å². The van der Waals surface area contributed by atoms with Gasteiger partial charge in [0.05, 0.1) is 4.90 Å². The first kappa shape index (κ1) is 11.8. The van der Waals surface area contributed by atoms with Gasteiger partial charge in [-0.15, -0.1) is 0 Å². The Bertz CT molecular complexity index is 560. The molecule has 0 aliphatic heterocycles. The molecular formula is C11H9F2N3S. The average molecular weight is 253 g/mol. The number of nitrogens with two attached hydrogens (primary N) is 1. The Morgan fingerprint density at radius 1 is 1.24 bits per heavy atom. The molecule has 0 fully saturated rings. The van der Waals surface area contributed by atoms with E-state index in [-0.39, 0.29) is 4.90 Å². The van der Waals surface area contributed by atoms with Gasteiger partial charge in [-0.2, -0.15) is 0 Å². The van der Waals surface area contributed by atoms with E-state index < -0.39 is 11.6 Å². The van der Waals surface area contributed by atoms with Gasteiger partial charge in [-0.25, -0.2) is 18.7 Å². The molecule has 0 spiro atoms. The molecule has 0 unspecified atom stereocenters. The highest BCUT2D eigenvalue weighted by Crippen LogP contribution is 2.31. The van der Waals surface area contributed by atoms with E-state index >= 15 is 0 Å². The zero-order valence-corrected chi connectivity index (χ0v) is 9.76. The molecule has 0 bridgehead atoms. The number of anilines is 1. The Balaban J connectivity index is 2.38. The largest absolute Gasteiger partial charge is 0.383 e. The first-order valence-corrected chi connectivity index (χ1v) is 5.59. The number of benzene rings is 1. The van der Waals surface area contributed by atoms with E-state index in [9.17, 15) is 8.78 Å². The predicted molar refractivity (Wildman–Crippen MR) is 61.7 cm³/mol. The summed E-state index contributed by atoms with van der Waals surface area (Å²) in [6, 6.07) is 3.27. The van der Waals surface area contributed by atoms with Crippen molar-refractivity contribution >= 4 is 17.6 Å². The fourth-order valence-electron chi connectivity index (χ4n) is 1.21. The van der Waals surface area contributed by atoms with Crippen molar-refractivity contribution in [2.24, 2.45) is 0 Å². The van der Waals surface area contributed by atoms with Crippen molar-refractivity contribution in [2.75, 3.05) is 5.73 Å². The third-order valence-electron chi connectivity index (χ3n) is 2.18. The number of hydrogen-bond acceptors (Lipinski definition) is 4. The Hall–Kier alpha value is -1.69. The number of nitrogen functional groups attached to an aromatic ring is 1. The molecular weight excluding hydrogens is 244 g/mol. The van der Waals surface area contributed by atoms with Gasteiger partial charge in [-0.1, -0.05) is 11.8 Å². The fraction of sp³-hybridized carbons (Fsp3) is 0.0909. The second kappa shape index (κ2) is 4.67. The predicted octanol–water partition coefficient (Wildman–Crippen LogP) is 2.80. The molecule has 0 aliphatic rings. The van der Waals surface area contributed by atoms with Gasteiger partial charge in [0, 0.05) is 5.56 Å². The van der Waals surface area contributed by atoms with Crippen LogP contribution in [-0.2, 0) is 0 Å². The molecule has 0 radical (unpaired) electrons. The molecule has 17 heavy (non-hydrogen) atoms. The maximum absolute atomic E-state index is 13.4. The van der Waals surface area contributed by atoms with Crippen LogP contribution in [0.15, 0.2) is 34.4 Å². The van der Waals surface area contributed by atoms with Gasteiger partial charge in [0.2, 0.25) is 0 Å². The van der Waals surface area contributed by atoms with Crippen LogP contribution in [0.4, 0.5) is 14.6 Å². The Morgan fingerprint density at radius 3 is 2.76 bits per heavy atom. The first-order valence-electron chi connectivity index (χ1n) is 4.78. The van der Waals surface area contributed by atoms with E-state index in [1.54, 1.807) is 6.92 Å². The number of halogens is 2. The third-order valence-corrected chi connectivity index (χ3v) is 3.31. The molecule has 0 atom stereocenters. The average Bonchev–Trinajstić information content (AvgIpc) is 2.30. The summed E-state index contributed by atoms with van der Waals surface area (Å²) in [5.41, 5.74) is 6.26. The van der Waals surface area contributed by atoms with Crippen LogP contribution in [-0.4, -0.2) is 9.97 Å². The van der Waals surface area contributed by atoms with Crippen LogP contribution in [0.5, 0.6) is 0 Å². The standard InChI is InChI=1S/C11H9F2N3S/c1-6-10(14)15-5-16-11(6)17-9-4-7(12)2-3-8(9)13/h2-5H,1H3,(H2,14,15,16). The van der Waals surface area contributed by atoms with Crippen LogP contribution in [0, 0.1) is 18.6 Å². The number of rotatable bonds is 2. The second-order valence-corrected chi connectivity index (χ2v) is 4.40. The highest BCUT2D eigenvalue weighted by atomic mass is 32.2. The Kier molecular flexibility index (Phi) is 3.23. The number of nitrogens with zero attached hydrogens (tertiary/aromatic N) is 2. The molecule has 0 aliphatic carbocycles. The summed E-state index contributed by atoms with van der Waals surface area (Å²) < 4.78 is 26.4. The summed E-state index contributed by atoms with van der Waals surface area (Å²) in [5.74, 6) is -0.652. The van der Waals surface area contributed by atoms with Crippen LogP contribution in [0.2, 0.25) is 0 Å². The lowest BCUT2D eigenvalue weighted by molar-refractivity contribution is 0.577. The minimum absolute atomic E-state index is 0.172. The molecule has 3 nitrogen and oxygen atoms in total. The normalized spacial score (nSPS) is 10.5. The minimum atomic E-state index is -0.493. The molecule has 6 heteroatoms. The SMILES string of the molecule is Cc1c(N)ncnc1Sc1cc(F)ccc1F. The number of hydrogen-bond donors (Lipinski definition) is 1. The van der Waals surface area contributed by atoms with Crippen molar-refractivity contribution in [1.82, 2.24) is 9.97 Å². The van der Waals surface area contributed by atoms with Gasteiger partial charge in [-0.3, -0.25) is 0 Å². The van der Waals surface area contributed by atoms with Crippen molar-refractivity contribution in [1.29, 1.82) is 0 Å². The van der Waals surface area contributed by atoms with Crippen molar-refractivity contribution in [3.63, 3.8) is 0 Å². The lowest BCUT2D eigenvalue weighted by Gasteiger charge is -2.06. The van der Waals surface area contributed by atoms with E-state index in [0.29, 0.717) is 16.4 Å². The summed E-state index contributed by atoms with van der Waals surface area (Å²) in [4.78, 5) is 7.97. The Labute approximate surface area is 101 Å². The van der Waals surface area contributed by atoms with Crippen molar-refractivity contribution in [3.8, 4) is 0 Å².